The van der Waals surface area contributed by atoms with Crippen molar-refractivity contribution in [2.24, 2.45) is 0 Å². The number of fused-ring (bicyclic) bond motifs is 1. The molecule has 0 saturated carbocycles. The Bertz CT molecular complexity index is 1190. The number of hydrogen-bond acceptors (Lipinski definition) is 4. The summed E-state index contributed by atoms with van der Waals surface area (Å²) in [5, 5.41) is 7.13. The van der Waals surface area contributed by atoms with Crippen molar-refractivity contribution < 1.29 is 21.6 Å². The molecular formula is C23H26F3N3O2S. The van der Waals surface area contributed by atoms with E-state index in [1.807, 2.05) is 37.4 Å². The van der Waals surface area contributed by atoms with Crippen LogP contribution in [0.25, 0.3) is 22.2 Å². The predicted molar refractivity (Wildman–Crippen MR) is 121 cm³/mol. The molecule has 3 aromatic rings. The normalized spacial score (nSPS) is 17.0. The van der Waals surface area contributed by atoms with Crippen LogP contribution in [-0.2, 0) is 22.9 Å². The van der Waals surface area contributed by atoms with Crippen molar-refractivity contribution in [3.05, 3.63) is 54.1 Å². The van der Waals surface area contributed by atoms with Gasteiger partial charge in [-0.15, -0.1) is 0 Å². The smallest absolute Gasteiger partial charge is 0.382 e. The summed E-state index contributed by atoms with van der Waals surface area (Å²) in [7, 11) is -1.15. The molecule has 32 heavy (non-hydrogen) atoms. The maximum absolute atomic E-state index is 13.5. The van der Waals surface area contributed by atoms with E-state index in [9.17, 15) is 21.6 Å². The van der Waals surface area contributed by atoms with E-state index in [0.29, 0.717) is 41.5 Å². The minimum absolute atomic E-state index is 0.0284. The molecule has 0 atom stereocenters. The van der Waals surface area contributed by atoms with Crippen molar-refractivity contribution >= 4 is 26.4 Å². The third-order valence-corrected chi connectivity index (χ3v) is 7.54. The highest BCUT2D eigenvalue weighted by molar-refractivity contribution is 7.91. The van der Waals surface area contributed by atoms with Gasteiger partial charge in [0.1, 0.15) is 16.4 Å². The number of alkyl halides is 3. The molecule has 2 N–H and O–H groups in total. The fourth-order valence-electron chi connectivity index (χ4n) is 4.25. The third-order valence-electron chi connectivity index (χ3n) is 5.83. The lowest BCUT2D eigenvalue weighted by Gasteiger charge is -2.24. The lowest BCUT2D eigenvalue weighted by molar-refractivity contribution is -0.139. The van der Waals surface area contributed by atoms with Gasteiger partial charge in [-0.05, 0) is 49.2 Å². The number of nitrogens with zero attached hydrogens (tertiary/aromatic N) is 1. The Balaban J connectivity index is 1.74. The van der Waals surface area contributed by atoms with Gasteiger partial charge in [0, 0.05) is 29.4 Å². The topological polar surface area (TPSA) is 63.1 Å². The molecule has 172 valence electrons. The Kier molecular flexibility index (Phi) is 6.22. The summed E-state index contributed by atoms with van der Waals surface area (Å²) in [6.07, 6.45) is -3.39. The van der Waals surface area contributed by atoms with E-state index in [1.165, 1.54) is 4.57 Å². The first kappa shape index (κ1) is 22.7. The van der Waals surface area contributed by atoms with Crippen molar-refractivity contribution in [1.82, 2.24) is 9.88 Å². The van der Waals surface area contributed by atoms with Gasteiger partial charge in [0.25, 0.3) is 0 Å². The number of rotatable bonds is 6. The summed E-state index contributed by atoms with van der Waals surface area (Å²) < 4.78 is 65.1. The highest BCUT2D eigenvalue weighted by Gasteiger charge is 2.30. The molecule has 0 unspecified atom stereocenters. The first-order valence-corrected chi connectivity index (χ1v) is 12.4. The quantitative estimate of drug-likeness (QED) is 0.560. The van der Waals surface area contributed by atoms with Gasteiger partial charge in [0.2, 0.25) is 0 Å². The van der Waals surface area contributed by atoms with Crippen molar-refractivity contribution in [1.29, 1.82) is 0 Å². The van der Waals surface area contributed by atoms with Crippen LogP contribution < -0.4 is 10.6 Å². The largest absolute Gasteiger partial charge is 0.406 e. The van der Waals surface area contributed by atoms with Crippen LogP contribution in [0.4, 0.5) is 18.9 Å². The molecule has 0 radical (unpaired) electrons. The van der Waals surface area contributed by atoms with Crippen LogP contribution in [0.15, 0.2) is 48.5 Å². The van der Waals surface area contributed by atoms with E-state index in [1.54, 1.807) is 18.2 Å². The number of aromatic nitrogens is 1. The Morgan fingerprint density at radius 1 is 1.06 bits per heavy atom. The van der Waals surface area contributed by atoms with Crippen molar-refractivity contribution in [2.45, 2.75) is 38.1 Å². The maximum atomic E-state index is 13.5. The molecule has 1 aromatic heterocycles. The number of sulfone groups is 1. The lowest BCUT2D eigenvalue weighted by atomic mass is 10.1. The van der Waals surface area contributed by atoms with E-state index < -0.39 is 22.6 Å². The van der Waals surface area contributed by atoms with Gasteiger partial charge in [-0.3, -0.25) is 0 Å². The highest BCUT2D eigenvalue weighted by Crippen LogP contribution is 2.35. The monoisotopic (exact) mass is 465 g/mol. The van der Waals surface area contributed by atoms with E-state index in [4.69, 9.17) is 0 Å². The minimum atomic E-state index is -4.37. The van der Waals surface area contributed by atoms with Gasteiger partial charge in [-0.25, -0.2) is 8.42 Å². The molecule has 4 rings (SSSR count). The Morgan fingerprint density at radius 3 is 2.38 bits per heavy atom. The van der Waals surface area contributed by atoms with Gasteiger partial charge in [-0.2, -0.15) is 13.2 Å². The fraction of sp³-hybridized carbons (Fsp3) is 0.391. The van der Waals surface area contributed by atoms with Crippen LogP contribution in [0, 0.1) is 0 Å². The van der Waals surface area contributed by atoms with E-state index in [2.05, 4.69) is 10.6 Å². The maximum Gasteiger partial charge on any atom is 0.406 e. The molecule has 0 aliphatic carbocycles. The van der Waals surface area contributed by atoms with Gasteiger partial charge >= 0.3 is 6.18 Å². The number of hydrogen-bond donors (Lipinski definition) is 2. The van der Waals surface area contributed by atoms with Crippen LogP contribution in [0.1, 0.15) is 18.4 Å². The van der Waals surface area contributed by atoms with E-state index >= 15 is 0 Å². The molecule has 1 aliphatic rings. The van der Waals surface area contributed by atoms with Crippen molar-refractivity contribution in [3.8, 4) is 11.3 Å². The van der Waals surface area contributed by atoms with E-state index in [-0.39, 0.29) is 17.5 Å². The van der Waals surface area contributed by atoms with Gasteiger partial charge in [0.05, 0.1) is 17.0 Å². The second kappa shape index (κ2) is 8.78. The number of halogens is 3. The minimum Gasteiger partial charge on any atom is -0.382 e. The zero-order valence-electron chi connectivity index (χ0n) is 17.7. The van der Waals surface area contributed by atoms with Gasteiger partial charge in [0.15, 0.2) is 0 Å². The Morgan fingerprint density at radius 2 is 1.75 bits per heavy atom. The van der Waals surface area contributed by atoms with E-state index in [0.717, 1.165) is 11.3 Å². The molecule has 0 spiro atoms. The summed E-state index contributed by atoms with van der Waals surface area (Å²) in [4.78, 5) is 0. The lowest BCUT2D eigenvalue weighted by Crippen LogP contribution is -2.32. The van der Waals surface area contributed by atoms with Gasteiger partial charge < -0.3 is 15.2 Å². The zero-order valence-corrected chi connectivity index (χ0v) is 18.6. The molecule has 1 saturated heterocycles. The van der Waals surface area contributed by atoms with Gasteiger partial charge in [-0.1, -0.05) is 30.3 Å². The number of anilines is 1. The molecule has 0 amide bonds. The Labute approximate surface area is 185 Å². The first-order chi connectivity index (χ1) is 15.1. The summed E-state index contributed by atoms with van der Waals surface area (Å²) in [5.41, 5.74) is 3.46. The standard InChI is InChI=1S/C23H26F3N3O2S/c1-27-14-16-5-7-17(8-6-16)22-13-19-20(28-18-9-11-32(30,31)12-10-18)3-2-4-21(19)29(22)15-23(24,25)26/h2-8,13,18,27-28H,9-12,14-15H2,1H3. The molecule has 5 nitrogen and oxygen atoms in total. The second-order valence-corrected chi connectivity index (χ2v) is 10.6. The van der Waals surface area contributed by atoms with Crippen molar-refractivity contribution in [3.63, 3.8) is 0 Å². The molecule has 1 fully saturated rings. The zero-order chi connectivity index (χ0) is 22.9. The third kappa shape index (κ3) is 5.10. The highest BCUT2D eigenvalue weighted by atomic mass is 32.2. The molecule has 9 heteroatoms. The average Bonchev–Trinajstić information content (AvgIpc) is 3.08. The molecule has 0 bridgehead atoms. The van der Waals surface area contributed by atoms with Crippen LogP contribution >= 0.6 is 0 Å². The summed E-state index contributed by atoms with van der Waals surface area (Å²) in [5.74, 6) is 0.250. The van der Waals surface area contributed by atoms with Crippen molar-refractivity contribution in [2.75, 3.05) is 23.9 Å². The SMILES string of the molecule is CNCc1ccc(-c2cc3c(NC4CCS(=O)(=O)CC4)cccc3n2CC(F)(F)F)cc1. The summed E-state index contributed by atoms with van der Waals surface area (Å²) >= 11 is 0. The Hall–Kier alpha value is -2.52. The number of benzene rings is 2. The predicted octanol–water partition coefficient (Wildman–Crippen LogP) is 4.58. The summed E-state index contributed by atoms with van der Waals surface area (Å²) in [6, 6.07) is 14.5. The average molecular weight is 466 g/mol. The van der Waals surface area contributed by atoms with Crippen LogP contribution in [0.2, 0.25) is 0 Å². The molecule has 2 heterocycles. The first-order valence-electron chi connectivity index (χ1n) is 10.5. The molecular weight excluding hydrogens is 439 g/mol. The summed E-state index contributed by atoms with van der Waals surface area (Å²) in [6.45, 7) is -0.410. The van der Waals surface area contributed by atoms with Crippen LogP contribution in [0.3, 0.4) is 0 Å². The number of nitrogens with one attached hydrogen (secondary N) is 2. The molecule has 1 aliphatic heterocycles. The molecule has 2 aromatic carbocycles. The van der Waals surface area contributed by atoms with Crippen LogP contribution in [0.5, 0.6) is 0 Å². The van der Waals surface area contributed by atoms with Crippen LogP contribution in [-0.4, -0.2) is 43.8 Å². The fourth-order valence-corrected chi connectivity index (χ4v) is 5.74. The second-order valence-electron chi connectivity index (χ2n) is 8.27.